The van der Waals surface area contributed by atoms with Gasteiger partial charge in [-0.2, -0.15) is 5.01 Å². The monoisotopic (exact) mass is 613 g/mol. The first kappa shape index (κ1) is 29.3. The van der Waals surface area contributed by atoms with E-state index in [1.807, 2.05) is 48.5 Å². The lowest BCUT2D eigenvalue weighted by atomic mass is 10.00. The maximum Gasteiger partial charge on any atom is 0.332 e. The van der Waals surface area contributed by atoms with Gasteiger partial charge in [0.15, 0.2) is 5.13 Å². The number of thiazole rings is 1. The molecule has 1 aromatic heterocycles. The molecule has 4 aromatic rings. The van der Waals surface area contributed by atoms with Crippen molar-refractivity contribution in [3.8, 4) is 0 Å². The number of halogens is 1. The molecule has 4 amide bonds. The van der Waals surface area contributed by atoms with Gasteiger partial charge >= 0.3 is 6.03 Å². The van der Waals surface area contributed by atoms with Crippen LogP contribution >= 0.6 is 11.3 Å². The average molecular weight is 614 g/mol. The Hall–Kier alpha value is -4.81. The molecule has 10 nitrogen and oxygen atoms in total. The van der Waals surface area contributed by atoms with Crippen molar-refractivity contribution in [2.45, 2.75) is 31.7 Å². The van der Waals surface area contributed by atoms with Gasteiger partial charge in [0.05, 0.1) is 29.9 Å². The highest BCUT2D eigenvalue weighted by atomic mass is 32.1. The van der Waals surface area contributed by atoms with E-state index in [0.29, 0.717) is 11.7 Å². The summed E-state index contributed by atoms with van der Waals surface area (Å²) >= 11 is 1.38. The van der Waals surface area contributed by atoms with Gasteiger partial charge in [-0.15, -0.1) is 6.58 Å². The standard InChI is InChI=1S/C32H32FN7O3S/c1-2-15-38(32(43)35-17-22-7-4-3-5-8-22)39-20-28(41)40-25(16-21-11-13-24(33)14-12-21)30(42)37(19-27(39)40)18-23-9-6-10-26-29(23)36-31(34)44-26/h2-14,25,27H,1,15-20H2,(H2,34,36)(H,35,43)/t25-,27+/m0/s1. The van der Waals surface area contributed by atoms with Crippen molar-refractivity contribution in [2.75, 3.05) is 25.4 Å². The molecule has 44 heavy (non-hydrogen) atoms. The number of nitrogens with two attached hydrogens (primary N) is 1. The first-order valence-electron chi connectivity index (χ1n) is 14.3. The van der Waals surface area contributed by atoms with Gasteiger partial charge in [-0.1, -0.05) is 72.0 Å². The molecule has 226 valence electrons. The van der Waals surface area contributed by atoms with E-state index < -0.39 is 12.2 Å². The van der Waals surface area contributed by atoms with Crippen LogP contribution in [0.25, 0.3) is 10.2 Å². The highest BCUT2D eigenvalue weighted by molar-refractivity contribution is 7.22. The number of rotatable bonds is 9. The summed E-state index contributed by atoms with van der Waals surface area (Å²) in [7, 11) is 0. The molecule has 2 fully saturated rings. The molecule has 2 aliphatic heterocycles. The Balaban J connectivity index is 1.32. The Bertz CT molecular complexity index is 1700. The van der Waals surface area contributed by atoms with E-state index in [1.54, 1.807) is 33.0 Å². The number of para-hydroxylation sites is 1. The number of hydrogen-bond acceptors (Lipinski definition) is 7. The minimum atomic E-state index is -0.852. The van der Waals surface area contributed by atoms with Crippen molar-refractivity contribution < 1.29 is 18.8 Å². The smallest absolute Gasteiger partial charge is 0.332 e. The zero-order valence-electron chi connectivity index (χ0n) is 23.9. The van der Waals surface area contributed by atoms with Crippen molar-refractivity contribution in [1.29, 1.82) is 0 Å². The third-order valence-corrected chi connectivity index (χ3v) is 8.77. The topological polar surface area (TPSA) is 115 Å². The fourth-order valence-electron chi connectivity index (χ4n) is 5.88. The van der Waals surface area contributed by atoms with Crippen LogP contribution in [0.15, 0.2) is 85.5 Å². The molecular formula is C32H32FN7O3S. The predicted octanol–water partition coefficient (Wildman–Crippen LogP) is 3.75. The number of piperazine rings is 1. The number of anilines is 1. The number of carbonyl (C=O) groups is 3. The highest BCUT2D eigenvalue weighted by Gasteiger charge is 2.52. The molecule has 0 unspecified atom stereocenters. The van der Waals surface area contributed by atoms with Gasteiger partial charge < -0.3 is 20.9 Å². The van der Waals surface area contributed by atoms with Gasteiger partial charge in [-0.05, 0) is 34.9 Å². The molecule has 2 atom stereocenters. The highest BCUT2D eigenvalue weighted by Crippen LogP contribution is 2.32. The van der Waals surface area contributed by atoms with Crippen LogP contribution in [-0.4, -0.2) is 74.5 Å². The van der Waals surface area contributed by atoms with Gasteiger partial charge in [0.25, 0.3) is 0 Å². The minimum absolute atomic E-state index is 0.0868. The number of nitrogen functional groups attached to an aromatic ring is 1. The number of hydrogen-bond donors (Lipinski definition) is 2. The molecule has 12 heteroatoms. The second kappa shape index (κ2) is 12.4. The lowest BCUT2D eigenvalue weighted by molar-refractivity contribution is -0.157. The Kier molecular flexibility index (Phi) is 8.27. The average Bonchev–Trinajstić information content (AvgIpc) is 3.57. The summed E-state index contributed by atoms with van der Waals surface area (Å²) in [4.78, 5) is 49.0. The van der Waals surface area contributed by atoms with E-state index in [1.165, 1.54) is 28.5 Å². The molecule has 0 spiro atoms. The molecule has 3 N–H and O–H groups in total. The molecule has 3 heterocycles. The Morgan fingerprint density at radius 3 is 2.61 bits per heavy atom. The van der Waals surface area contributed by atoms with Gasteiger partial charge in [-0.25, -0.2) is 14.2 Å². The number of amides is 4. The largest absolute Gasteiger partial charge is 0.375 e. The molecular weight excluding hydrogens is 581 g/mol. The first-order valence-corrected chi connectivity index (χ1v) is 15.1. The van der Waals surface area contributed by atoms with Crippen LogP contribution in [0.2, 0.25) is 0 Å². The third-order valence-electron chi connectivity index (χ3n) is 7.92. The lowest BCUT2D eigenvalue weighted by Crippen LogP contribution is -2.66. The third kappa shape index (κ3) is 5.86. The van der Waals surface area contributed by atoms with Gasteiger partial charge in [-0.3, -0.25) is 14.6 Å². The zero-order valence-corrected chi connectivity index (χ0v) is 24.8. The quantitative estimate of drug-likeness (QED) is 0.278. The molecule has 0 bridgehead atoms. The number of benzene rings is 3. The normalized spacial score (nSPS) is 18.5. The number of hydrazine groups is 1. The summed E-state index contributed by atoms with van der Waals surface area (Å²) in [6.45, 7) is 4.62. The van der Waals surface area contributed by atoms with Crippen molar-refractivity contribution >= 4 is 44.5 Å². The summed E-state index contributed by atoms with van der Waals surface area (Å²) in [5.41, 5.74) is 9.20. The van der Waals surface area contributed by atoms with Crippen LogP contribution in [0.1, 0.15) is 16.7 Å². The number of nitrogens with zero attached hydrogens (tertiary/aromatic N) is 5. The second-order valence-corrected chi connectivity index (χ2v) is 11.8. The molecule has 2 aliphatic rings. The van der Waals surface area contributed by atoms with Gasteiger partial charge in [0, 0.05) is 19.5 Å². The predicted molar refractivity (Wildman–Crippen MR) is 166 cm³/mol. The summed E-state index contributed by atoms with van der Waals surface area (Å²) in [6, 6.07) is 20.0. The molecule has 3 aromatic carbocycles. The SMILES string of the molecule is C=CCN(C(=O)NCc1ccccc1)N1CC(=O)N2[C@@H](Cc3ccc(F)cc3)C(=O)N(Cc3cccc4sc(N)nc34)C[C@@H]21. The number of carbonyl (C=O) groups excluding carboxylic acids is 3. The zero-order chi connectivity index (χ0) is 30.8. The first-order chi connectivity index (χ1) is 21.3. The van der Waals surface area contributed by atoms with Crippen molar-refractivity contribution in [3.05, 3.63) is 108 Å². The maximum absolute atomic E-state index is 14.1. The second-order valence-electron chi connectivity index (χ2n) is 10.8. The molecule has 6 rings (SSSR count). The van der Waals surface area contributed by atoms with Crippen LogP contribution in [0.5, 0.6) is 0 Å². The number of urea groups is 1. The number of fused-ring (bicyclic) bond motifs is 2. The molecule has 2 saturated heterocycles. The van der Waals surface area contributed by atoms with Crippen LogP contribution in [0, 0.1) is 5.82 Å². The van der Waals surface area contributed by atoms with E-state index in [9.17, 15) is 18.8 Å². The van der Waals surface area contributed by atoms with E-state index in [-0.39, 0.29) is 56.3 Å². The van der Waals surface area contributed by atoms with Crippen molar-refractivity contribution in [3.63, 3.8) is 0 Å². The van der Waals surface area contributed by atoms with Gasteiger partial charge in [0.1, 0.15) is 18.0 Å². The molecule has 0 radical (unpaired) electrons. The lowest BCUT2D eigenvalue weighted by Gasteiger charge is -2.46. The van der Waals surface area contributed by atoms with E-state index in [2.05, 4.69) is 16.9 Å². The molecule has 0 saturated carbocycles. The van der Waals surface area contributed by atoms with Crippen LogP contribution in [-0.2, 0) is 29.1 Å². The Morgan fingerprint density at radius 1 is 1.09 bits per heavy atom. The number of aromatic nitrogens is 1. The minimum Gasteiger partial charge on any atom is -0.375 e. The summed E-state index contributed by atoms with van der Waals surface area (Å²) in [6.07, 6.45) is 1.18. The van der Waals surface area contributed by atoms with E-state index in [0.717, 1.165) is 26.9 Å². The Labute approximate surface area is 258 Å². The maximum atomic E-state index is 14.1. The van der Waals surface area contributed by atoms with Crippen molar-refractivity contribution in [2.24, 2.45) is 0 Å². The van der Waals surface area contributed by atoms with Crippen molar-refractivity contribution in [1.82, 2.24) is 30.1 Å². The van der Waals surface area contributed by atoms with Crippen LogP contribution < -0.4 is 11.1 Å². The number of nitrogens with one attached hydrogen (secondary N) is 1. The summed E-state index contributed by atoms with van der Waals surface area (Å²) < 4.78 is 14.6. The van der Waals surface area contributed by atoms with E-state index >= 15 is 0 Å². The summed E-state index contributed by atoms with van der Waals surface area (Å²) in [5.74, 6) is -0.886. The fraction of sp³-hybridized carbons (Fsp3) is 0.250. The van der Waals surface area contributed by atoms with Gasteiger partial charge in [0.2, 0.25) is 11.8 Å². The van der Waals surface area contributed by atoms with E-state index in [4.69, 9.17) is 5.73 Å². The Morgan fingerprint density at radius 2 is 1.86 bits per heavy atom. The fourth-order valence-corrected chi connectivity index (χ4v) is 6.66. The van der Waals surface area contributed by atoms with Crippen LogP contribution in [0.3, 0.4) is 0 Å². The van der Waals surface area contributed by atoms with Crippen LogP contribution in [0.4, 0.5) is 14.3 Å². The summed E-state index contributed by atoms with van der Waals surface area (Å²) in [5, 5.41) is 6.57. The molecule has 0 aliphatic carbocycles.